The largest absolute Gasteiger partial charge is 0.436 e. The number of nitrogens with one attached hydrogen (secondary N) is 1. The van der Waals surface area contributed by atoms with Crippen molar-refractivity contribution >= 4 is 33.5 Å². The molecule has 6 nitrogen and oxygen atoms in total. The van der Waals surface area contributed by atoms with Crippen molar-refractivity contribution in [3.8, 4) is 22.8 Å². The predicted molar refractivity (Wildman–Crippen MR) is 103 cm³/mol. The van der Waals surface area contributed by atoms with Gasteiger partial charge in [0.2, 0.25) is 5.89 Å². The molecule has 6 heteroatoms. The molecule has 126 valence electrons. The molecule has 0 unspecified atom stereocenters. The molecular formula is C20H15N5O. The third-order valence-corrected chi connectivity index (χ3v) is 4.32. The van der Waals surface area contributed by atoms with Crippen LogP contribution in [0.4, 0.5) is 11.4 Å². The zero-order valence-electron chi connectivity index (χ0n) is 13.7. The van der Waals surface area contributed by atoms with E-state index in [1.54, 1.807) is 12.1 Å². The number of aromatic amines is 1. The molecule has 0 fully saturated rings. The van der Waals surface area contributed by atoms with E-state index in [1.807, 2.05) is 48.5 Å². The Balaban J connectivity index is 1.59. The summed E-state index contributed by atoms with van der Waals surface area (Å²) in [6, 6.07) is 18.9. The number of oxazole rings is 1. The van der Waals surface area contributed by atoms with E-state index >= 15 is 0 Å². The number of hydrogen-bond acceptors (Lipinski definition) is 5. The molecule has 0 saturated heterocycles. The summed E-state index contributed by atoms with van der Waals surface area (Å²) in [5.41, 5.74) is 18.0. The minimum absolute atomic E-state index is 0.552. The van der Waals surface area contributed by atoms with Gasteiger partial charge >= 0.3 is 0 Å². The molecule has 5 rings (SSSR count). The Kier molecular flexibility index (Phi) is 2.99. The lowest BCUT2D eigenvalue weighted by atomic mass is 10.2. The number of imidazole rings is 1. The van der Waals surface area contributed by atoms with Crippen LogP contribution in [0.2, 0.25) is 0 Å². The van der Waals surface area contributed by atoms with Gasteiger partial charge in [-0.2, -0.15) is 0 Å². The van der Waals surface area contributed by atoms with E-state index in [0.29, 0.717) is 17.2 Å². The van der Waals surface area contributed by atoms with Crippen LogP contribution in [-0.4, -0.2) is 15.0 Å². The van der Waals surface area contributed by atoms with E-state index in [2.05, 4.69) is 15.0 Å². The standard InChI is InChI=1S/C20H15N5O/c21-13-4-1-11(2-5-13)19-23-15-7-3-12(9-16(15)24-19)20-25-17-10-14(22)6-8-18(17)26-20/h1-10H,21-22H2,(H,23,24). The number of benzene rings is 3. The van der Waals surface area contributed by atoms with Gasteiger partial charge in [-0.25, -0.2) is 9.97 Å². The Morgan fingerprint density at radius 3 is 2.35 bits per heavy atom. The number of nitrogens with zero attached hydrogens (tertiary/aromatic N) is 2. The Labute approximate surface area is 148 Å². The number of rotatable bonds is 2. The third-order valence-electron chi connectivity index (χ3n) is 4.32. The van der Waals surface area contributed by atoms with E-state index in [-0.39, 0.29) is 0 Å². The first-order chi connectivity index (χ1) is 12.7. The van der Waals surface area contributed by atoms with Crippen LogP contribution in [0.1, 0.15) is 0 Å². The SMILES string of the molecule is Nc1ccc(-c2nc3ccc(-c4nc5cc(N)ccc5o4)cc3[nH]2)cc1. The molecule has 2 aromatic heterocycles. The van der Waals surface area contributed by atoms with Crippen LogP contribution in [0.3, 0.4) is 0 Å². The molecule has 0 aliphatic heterocycles. The highest BCUT2D eigenvalue weighted by Crippen LogP contribution is 2.29. The lowest BCUT2D eigenvalue weighted by Gasteiger charge is -1.96. The van der Waals surface area contributed by atoms with Crippen LogP contribution in [0, 0.1) is 0 Å². The summed E-state index contributed by atoms with van der Waals surface area (Å²) < 4.78 is 5.85. The minimum Gasteiger partial charge on any atom is -0.436 e. The van der Waals surface area contributed by atoms with Crippen molar-refractivity contribution in [2.24, 2.45) is 0 Å². The van der Waals surface area contributed by atoms with Crippen LogP contribution in [0.15, 0.2) is 65.1 Å². The van der Waals surface area contributed by atoms with Crippen molar-refractivity contribution in [2.45, 2.75) is 0 Å². The molecule has 0 bridgehead atoms. The Bertz CT molecular complexity index is 1250. The summed E-state index contributed by atoms with van der Waals surface area (Å²) in [5, 5.41) is 0. The molecule has 26 heavy (non-hydrogen) atoms. The molecule has 5 N–H and O–H groups in total. The summed E-state index contributed by atoms with van der Waals surface area (Å²) >= 11 is 0. The molecule has 2 heterocycles. The lowest BCUT2D eigenvalue weighted by Crippen LogP contribution is -1.84. The molecule has 3 aromatic carbocycles. The maximum absolute atomic E-state index is 5.85. The van der Waals surface area contributed by atoms with Crippen molar-refractivity contribution in [1.29, 1.82) is 0 Å². The van der Waals surface area contributed by atoms with Crippen LogP contribution in [0.5, 0.6) is 0 Å². The normalized spacial score (nSPS) is 11.4. The number of nitrogens with two attached hydrogens (primary N) is 2. The van der Waals surface area contributed by atoms with Gasteiger partial charge in [0.1, 0.15) is 11.3 Å². The minimum atomic E-state index is 0.552. The van der Waals surface area contributed by atoms with Crippen LogP contribution >= 0.6 is 0 Å². The second-order valence-corrected chi connectivity index (χ2v) is 6.19. The van der Waals surface area contributed by atoms with Crippen molar-refractivity contribution in [3.63, 3.8) is 0 Å². The predicted octanol–water partition coefficient (Wildman–Crippen LogP) is 4.20. The summed E-state index contributed by atoms with van der Waals surface area (Å²) in [5.74, 6) is 1.35. The van der Waals surface area contributed by atoms with Gasteiger partial charge < -0.3 is 20.9 Å². The van der Waals surface area contributed by atoms with E-state index in [1.165, 1.54) is 0 Å². The fraction of sp³-hybridized carbons (Fsp3) is 0. The van der Waals surface area contributed by atoms with Gasteiger partial charge in [-0.3, -0.25) is 0 Å². The molecular weight excluding hydrogens is 326 g/mol. The maximum Gasteiger partial charge on any atom is 0.227 e. The Morgan fingerprint density at radius 1 is 0.731 bits per heavy atom. The first kappa shape index (κ1) is 14.5. The number of fused-ring (bicyclic) bond motifs is 2. The molecule has 0 aliphatic carbocycles. The van der Waals surface area contributed by atoms with Gasteiger partial charge in [-0.05, 0) is 60.7 Å². The molecule has 0 spiro atoms. The van der Waals surface area contributed by atoms with Gasteiger partial charge in [0.15, 0.2) is 5.58 Å². The number of hydrogen-bond donors (Lipinski definition) is 3. The highest BCUT2D eigenvalue weighted by atomic mass is 16.3. The highest BCUT2D eigenvalue weighted by molar-refractivity contribution is 5.85. The maximum atomic E-state index is 5.85. The van der Waals surface area contributed by atoms with E-state index < -0.39 is 0 Å². The quantitative estimate of drug-likeness (QED) is 0.417. The average Bonchev–Trinajstić information content (AvgIpc) is 3.25. The fourth-order valence-electron chi connectivity index (χ4n) is 2.99. The zero-order valence-corrected chi connectivity index (χ0v) is 13.7. The molecule has 5 aromatic rings. The summed E-state index contributed by atoms with van der Waals surface area (Å²) in [4.78, 5) is 12.5. The molecule has 0 saturated carbocycles. The molecule has 0 aliphatic rings. The number of H-pyrrole nitrogens is 1. The first-order valence-corrected chi connectivity index (χ1v) is 8.18. The molecule has 0 atom stereocenters. The van der Waals surface area contributed by atoms with Crippen molar-refractivity contribution in [1.82, 2.24) is 15.0 Å². The monoisotopic (exact) mass is 341 g/mol. The second-order valence-electron chi connectivity index (χ2n) is 6.19. The van der Waals surface area contributed by atoms with Crippen molar-refractivity contribution in [3.05, 3.63) is 60.7 Å². The number of nitrogen functional groups attached to an aromatic ring is 2. The third kappa shape index (κ3) is 2.36. The molecule has 0 amide bonds. The summed E-state index contributed by atoms with van der Waals surface area (Å²) in [6.07, 6.45) is 0. The lowest BCUT2D eigenvalue weighted by molar-refractivity contribution is 0.620. The van der Waals surface area contributed by atoms with Gasteiger partial charge in [0.05, 0.1) is 11.0 Å². The topological polar surface area (TPSA) is 107 Å². The number of aromatic nitrogens is 3. The van der Waals surface area contributed by atoms with Crippen LogP contribution < -0.4 is 11.5 Å². The van der Waals surface area contributed by atoms with Gasteiger partial charge in [-0.15, -0.1) is 0 Å². The zero-order chi connectivity index (χ0) is 17.7. The van der Waals surface area contributed by atoms with E-state index in [0.717, 1.165) is 39.2 Å². The van der Waals surface area contributed by atoms with E-state index in [4.69, 9.17) is 15.9 Å². The van der Waals surface area contributed by atoms with E-state index in [9.17, 15) is 0 Å². The number of anilines is 2. The smallest absolute Gasteiger partial charge is 0.227 e. The van der Waals surface area contributed by atoms with Gasteiger partial charge in [0, 0.05) is 22.5 Å². The highest BCUT2D eigenvalue weighted by Gasteiger charge is 2.11. The summed E-state index contributed by atoms with van der Waals surface area (Å²) in [6.45, 7) is 0. The van der Waals surface area contributed by atoms with Crippen LogP contribution in [-0.2, 0) is 0 Å². The Morgan fingerprint density at radius 2 is 1.50 bits per heavy atom. The Hall–Kier alpha value is -3.80. The fourth-order valence-corrected chi connectivity index (χ4v) is 2.99. The first-order valence-electron chi connectivity index (χ1n) is 8.18. The van der Waals surface area contributed by atoms with Crippen LogP contribution in [0.25, 0.3) is 45.0 Å². The van der Waals surface area contributed by atoms with Crippen molar-refractivity contribution in [2.75, 3.05) is 11.5 Å². The summed E-state index contributed by atoms with van der Waals surface area (Å²) in [7, 11) is 0. The second kappa shape index (κ2) is 5.35. The average molecular weight is 341 g/mol. The van der Waals surface area contributed by atoms with Crippen molar-refractivity contribution < 1.29 is 4.42 Å². The van der Waals surface area contributed by atoms with Gasteiger partial charge in [0.25, 0.3) is 0 Å². The molecule has 0 radical (unpaired) electrons. The van der Waals surface area contributed by atoms with Gasteiger partial charge in [-0.1, -0.05) is 0 Å².